The molecule has 144 valence electrons. The fourth-order valence-electron chi connectivity index (χ4n) is 3.77. The molecule has 6 nitrogen and oxygen atoms in total. The Morgan fingerprint density at radius 1 is 1.07 bits per heavy atom. The summed E-state index contributed by atoms with van der Waals surface area (Å²) >= 11 is 0. The first-order chi connectivity index (χ1) is 13.7. The minimum absolute atomic E-state index is 0.0423. The van der Waals surface area contributed by atoms with Crippen LogP contribution in [-0.4, -0.2) is 41.1 Å². The summed E-state index contributed by atoms with van der Waals surface area (Å²) in [5, 5.41) is 0. The van der Waals surface area contributed by atoms with E-state index in [0.29, 0.717) is 17.1 Å². The van der Waals surface area contributed by atoms with Gasteiger partial charge in [-0.25, -0.2) is 4.98 Å². The molecule has 0 saturated carbocycles. The maximum absolute atomic E-state index is 13.2. The number of hydrogen-bond donors (Lipinski definition) is 0. The fraction of sp³-hybridized carbons (Fsp3) is 0.273. The Kier molecular flexibility index (Phi) is 5.02. The molecular formula is C22H23N3O3. The zero-order chi connectivity index (χ0) is 19.5. The van der Waals surface area contributed by atoms with Crippen molar-refractivity contribution in [1.82, 2.24) is 14.5 Å². The lowest BCUT2D eigenvalue weighted by Crippen LogP contribution is -2.30. The second-order valence-electron chi connectivity index (χ2n) is 6.79. The second-order valence-corrected chi connectivity index (χ2v) is 6.79. The van der Waals surface area contributed by atoms with Gasteiger partial charge < -0.3 is 18.9 Å². The van der Waals surface area contributed by atoms with Crippen LogP contribution in [0.4, 0.5) is 0 Å². The molecule has 4 rings (SSSR count). The molecule has 1 fully saturated rings. The Morgan fingerprint density at radius 3 is 2.54 bits per heavy atom. The summed E-state index contributed by atoms with van der Waals surface area (Å²) in [5.74, 6) is 1.43. The number of methoxy groups -OCH3 is 2. The minimum Gasteiger partial charge on any atom is -0.493 e. The summed E-state index contributed by atoms with van der Waals surface area (Å²) in [6.07, 6.45) is 7.28. The van der Waals surface area contributed by atoms with E-state index in [1.165, 1.54) is 0 Å². The zero-order valence-electron chi connectivity index (χ0n) is 16.0. The van der Waals surface area contributed by atoms with E-state index in [1.54, 1.807) is 26.7 Å². The van der Waals surface area contributed by atoms with Crippen molar-refractivity contribution < 1.29 is 14.3 Å². The Bertz CT molecular complexity index is 952. The van der Waals surface area contributed by atoms with Gasteiger partial charge in [0.1, 0.15) is 0 Å². The van der Waals surface area contributed by atoms with E-state index < -0.39 is 0 Å². The van der Waals surface area contributed by atoms with Crippen LogP contribution in [0.25, 0.3) is 5.69 Å². The topological polar surface area (TPSA) is 56.6 Å². The van der Waals surface area contributed by atoms with Gasteiger partial charge in [0.25, 0.3) is 5.91 Å². The molecule has 1 aromatic heterocycles. The van der Waals surface area contributed by atoms with Crippen LogP contribution in [0.3, 0.4) is 0 Å². The van der Waals surface area contributed by atoms with Crippen molar-refractivity contribution in [2.24, 2.45) is 0 Å². The van der Waals surface area contributed by atoms with Crippen molar-refractivity contribution in [3.05, 3.63) is 72.3 Å². The van der Waals surface area contributed by atoms with Crippen LogP contribution in [0.2, 0.25) is 0 Å². The molecule has 1 unspecified atom stereocenters. The van der Waals surface area contributed by atoms with Crippen molar-refractivity contribution >= 4 is 5.91 Å². The van der Waals surface area contributed by atoms with Crippen LogP contribution in [0.15, 0.2) is 61.2 Å². The first-order valence-electron chi connectivity index (χ1n) is 9.32. The van der Waals surface area contributed by atoms with E-state index in [2.05, 4.69) is 4.98 Å². The standard InChI is InChI=1S/C22H23N3O3/c1-27-20-10-7-17(14-21(20)28-2)19-4-3-12-25(19)22(26)16-5-8-18(9-6-16)24-13-11-23-15-24/h5-11,13-15,19H,3-4,12H2,1-2H3. The second kappa shape index (κ2) is 7.76. The summed E-state index contributed by atoms with van der Waals surface area (Å²) in [4.78, 5) is 19.2. The largest absolute Gasteiger partial charge is 0.493 e. The molecule has 0 radical (unpaired) electrons. The first kappa shape index (κ1) is 18.1. The van der Waals surface area contributed by atoms with Crippen LogP contribution in [0, 0.1) is 0 Å². The third-order valence-corrected chi connectivity index (χ3v) is 5.22. The van der Waals surface area contributed by atoms with Gasteiger partial charge in [0.05, 0.1) is 26.6 Å². The predicted molar refractivity (Wildman–Crippen MR) is 106 cm³/mol. The SMILES string of the molecule is COc1ccc(C2CCCN2C(=O)c2ccc(-n3ccnc3)cc2)cc1OC. The number of amides is 1. The highest BCUT2D eigenvalue weighted by atomic mass is 16.5. The molecule has 0 aliphatic carbocycles. The first-order valence-corrected chi connectivity index (χ1v) is 9.32. The average Bonchev–Trinajstić information content (AvgIpc) is 3.45. The lowest BCUT2D eigenvalue weighted by Gasteiger charge is -2.26. The number of ether oxygens (including phenoxy) is 2. The van der Waals surface area contributed by atoms with E-state index in [1.807, 2.05) is 58.1 Å². The van der Waals surface area contributed by atoms with Crippen molar-refractivity contribution in [2.75, 3.05) is 20.8 Å². The van der Waals surface area contributed by atoms with Gasteiger partial charge in [0.15, 0.2) is 11.5 Å². The van der Waals surface area contributed by atoms with Crippen molar-refractivity contribution in [3.63, 3.8) is 0 Å². The molecule has 0 N–H and O–H groups in total. The van der Waals surface area contributed by atoms with Crippen molar-refractivity contribution in [2.45, 2.75) is 18.9 Å². The van der Waals surface area contributed by atoms with Crippen molar-refractivity contribution in [3.8, 4) is 17.2 Å². The highest BCUT2D eigenvalue weighted by molar-refractivity contribution is 5.94. The molecule has 3 aromatic rings. The number of rotatable bonds is 5. The number of carbonyl (C=O) groups is 1. The molecule has 0 spiro atoms. The number of carbonyl (C=O) groups excluding carboxylic acids is 1. The Balaban J connectivity index is 1.57. The van der Waals surface area contributed by atoms with Crippen LogP contribution in [0.5, 0.6) is 11.5 Å². The van der Waals surface area contributed by atoms with Gasteiger partial charge >= 0.3 is 0 Å². The number of aromatic nitrogens is 2. The van der Waals surface area contributed by atoms with E-state index >= 15 is 0 Å². The van der Waals surface area contributed by atoms with Crippen molar-refractivity contribution in [1.29, 1.82) is 0 Å². The predicted octanol–water partition coefficient (Wildman–Crippen LogP) is 3.87. The molecule has 6 heteroatoms. The van der Waals surface area contributed by atoms with Gasteiger partial charge in [0.2, 0.25) is 0 Å². The van der Waals surface area contributed by atoms with Gasteiger partial charge in [-0.1, -0.05) is 6.07 Å². The summed E-state index contributed by atoms with van der Waals surface area (Å²) in [6.45, 7) is 0.751. The molecule has 1 amide bonds. The van der Waals surface area contributed by atoms with E-state index in [4.69, 9.17) is 9.47 Å². The molecule has 1 aliphatic rings. The smallest absolute Gasteiger partial charge is 0.254 e. The van der Waals surface area contributed by atoms with E-state index in [9.17, 15) is 4.79 Å². The molecular weight excluding hydrogens is 354 g/mol. The molecule has 0 bridgehead atoms. The van der Waals surface area contributed by atoms with E-state index in [0.717, 1.165) is 30.6 Å². The number of imidazole rings is 1. The van der Waals surface area contributed by atoms with Gasteiger partial charge in [-0.3, -0.25) is 4.79 Å². The van der Waals surface area contributed by atoms with Crippen LogP contribution >= 0.6 is 0 Å². The highest BCUT2D eigenvalue weighted by Crippen LogP contribution is 2.37. The maximum Gasteiger partial charge on any atom is 0.254 e. The number of nitrogens with zero attached hydrogens (tertiary/aromatic N) is 3. The zero-order valence-corrected chi connectivity index (χ0v) is 16.0. The highest BCUT2D eigenvalue weighted by Gasteiger charge is 2.31. The summed E-state index contributed by atoms with van der Waals surface area (Å²) in [7, 11) is 3.25. The molecule has 1 saturated heterocycles. The summed E-state index contributed by atoms with van der Waals surface area (Å²) in [5.41, 5.74) is 2.74. The van der Waals surface area contributed by atoms with Gasteiger partial charge in [0, 0.05) is 30.2 Å². The molecule has 2 heterocycles. The summed E-state index contributed by atoms with van der Waals surface area (Å²) < 4.78 is 12.7. The Labute approximate surface area is 164 Å². The lowest BCUT2D eigenvalue weighted by atomic mass is 10.0. The fourth-order valence-corrected chi connectivity index (χ4v) is 3.77. The number of benzene rings is 2. The molecule has 1 atom stereocenters. The Morgan fingerprint density at radius 2 is 1.86 bits per heavy atom. The monoisotopic (exact) mass is 377 g/mol. The molecule has 28 heavy (non-hydrogen) atoms. The lowest BCUT2D eigenvalue weighted by molar-refractivity contribution is 0.0735. The van der Waals surface area contributed by atoms with Crippen LogP contribution < -0.4 is 9.47 Å². The quantitative estimate of drug-likeness (QED) is 0.677. The summed E-state index contributed by atoms with van der Waals surface area (Å²) in [6, 6.07) is 13.6. The maximum atomic E-state index is 13.2. The van der Waals surface area contributed by atoms with Gasteiger partial charge in [-0.2, -0.15) is 0 Å². The normalized spacial score (nSPS) is 16.2. The Hall–Kier alpha value is -3.28. The van der Waals surface area contributed by atoms with E-state index in [-0.39, 0.29) is 11.9 Å². The number of likely N-dealkylation sites (tertiary alicyclic amines) is 1. The minimum atomic E-state index is 0.0423. The molecule has 2 aromatic carbocycles. The molecule has 1 aliphatic heterocycles. The third-order valence-electron chi connectivity index (χ3n) is 5.22. The van der Waals surface area contributed by atoms with Crippen LogP contribution in [-0.2, 0) is 0 Å². The van der Waals surface area contributed by atoms with Gasteiger partial charge in [-0.05, 0) is 54.8 Å². The van der Waals surface area contributed by atoms with Crippen LogP contribution in [0.1, 0.15) is 34.8 Å². The third kappa shape index (κ3) is 3.33. The van der Waals surface area contributed by atoms with Gasteiger partial charge in [-0.15, -0.1) is 0 Å². The number of hydrogen-bond acceptors (Lipinski definition) is 4. The average molecular weight is 377 g/mol.